The molecule has 138 valence electrons. The number of para-hydroxylation sites is 1. The molecular weight excluding hydrogens is 366 g/mol. The van der Waals surface area contributed by atoms with E-state index in [1.165, 1.54) is 10.8 Å². The van der Waals surface area contributed by atoms with E-state index in [9.17, 15) is 0 Å². The van der Waals surface area contributed by atoms with Crippen LogP contribution >= 0.6 is 11.6 Å². The van der Waals surface area contributed by atoms with E-state index in [0.717, 1.165) is 22.4 Å². The van der Waals surface area contributed by atoms with Gasteiger partial charge in [-0.2, -0.15) is 0 Å². The quantitative estimate of drug-likeness (QED) is 0.335. The Kier molecular flexibility index (Phi) is 5.41. The first-order chi connectivity index (χ1) is 13.7. The zero-order chi connectivity index (χ0) is 19.3. The second-order valence-electron chi connectivity index (χ2n) is 6.66. The number of aliphatic imine (C=N–C) groups is 1. The van der Waals surface area contributed by atoms with Crippen LogP contribution in [-0.4, -0.2) is 6.21 Å². The first-order valence-corrected chi connectivity index (χ1v) is 9.57. The van der Waals surface area contributed by atoms with Gasteiger partial charge in [-0.3, -0.25) is 4.99 Å². The largest absolute Gasteiger partial charge is 0.487 e. The van der Waals surface area contributed by atoms with Crippen LogP contribution in [0.15, 0.2) is 89.9 Å². The van der Waals surface area contributed by atoms with Gasteiger partial charge >= 0.3 is 0 Å². The molecule has 4 aromatic carbocycles. The van der Waals surface area contributed by atoms with Gasteiger partial charge in [0.25, 0.3) is 0 Å². The third-order valence-electron chi connectivity index (χ3n) is 4.69. The molecule has 3 heteroatoms. The fraction of sp³-hybridized carbons (Fsp3) is 0.0800. The minimum Gasteiger partial charge on any atom is -0.487 e. The highest BCUT2D eigenvalue weighted by Gasteiger charge is 2.05. The van der Waals surface area contributed by atoms with E-state index in [-0.39, 0.29) is 0 Å². The van der Waals surface area contributed by atoms with E-state index < -0.39 is 0 Å². The number of ether oxygens (including phenoxy) is 1. The second kappa shape index (κ2) is 8.28. The summed E-state index contributed by atoms with van der Waals surface area (Å²) in [5, 5.41) is 2.98. The average Bonchev–Trinajstić information content (AvgIpc) is 2.72. The molecule has 28 heavy (non-hydrogen) atoms. The van der Waals surface area contributed by atoms with E-state index in [2.05, 4.69) is 29.3 Å². The topological polar surface area (TPSA) is 21.6 Å². The summed E-state index contributed by atoms with van der Waals surface area (Å²) < 4.78 is 5.99. The minimum absolute atomic E-state index is 0.470. The molecule has 0 radical (unpaired) electrons. The molecule has 0 aliphatic heterocycles. The van der Waals surface area contributed by atoms with Crippen LogP contribution in [0.4, 0.5) is 5.69 Å². The van der Waals surface area contributed by atoms with Crippen LogP contribution in [0, 0.1) is 6.92 Å². The maximum Gasteiger partial charge on any atom is 0.138 e. The molecule has 0 spiro atoms. The molecule has 4 aromatic rings. The van der Waals surface area contributed by atoms with Gasteiger partial charge < -0.3 is 4.74 Å². The molecule has 0 saturated carbocycles. The third kappa shape index (κ3) is 4.08. The fourth-order valence-corrected chi connectivity index (χ4v) is 3.38. The molecule has 0 aliphatic rings. The van der Waals surface area contributed by atoms with Gasteiger partial charge in [-0.15, -0.1) is 0 Å². The Morgan fingerprint density at radius 3 is 2.54 bits per heavy atom. The second-order valence-corrected chi connectivity index (χ2v) is 7.07. The molecule has 0 N–H and O–H groups in total. The van der Waals surface area contributed by atoms with Gasteiger partial charge in [0.15, 0.2) is 0 Å². The Morgan fingerprint density at radius 1 is 0.893 bits per heavy atom. The Labute approximate surface area is 170 Å². The molecule has 2 nitrogen and oxygen atoms in total. The van der Waals surface area contributed by atoms with Gasteiger partial charge in [0.2, 0.25) is 0 Å². The van der Waals surface area contributed by atoms with Crippen molar-refractivity contribution in [1.29, 1.82) is 0 Å². The van der Waals surface area contributed by atoms with Gasteiger partial charge in [-0.25, -0.2) is 0 Å². The van der Waals surface area contributed by atoms with Gasteiger partial charge in [0, 0.05) is 6.21 Å². The SMILES string of the molecule is Cc1ccccc1N=Cc1ccc(OCc2cccc3ccccc23)c(Cl)c1. The highest BCUT2D eigenvalue weighted by atomic mass is 35.5. The summed E-state index contributed by atoms with van der Waals surface area (Å²) in [7, 11) is 0. The Bertz CT molecular complexity index is 1140. The van der Waals surface area contributed by atoms with E-state index in [1.54, 1.807) is 0 Å². The zero-order valence-electron chi connectivity index (χ0n) is 15.6. The lowest BCUT2D eigenvalue weighted by Crippen LogP contribution is -1.97. The number of halogens is 1. The van der Waals surface area contributed by atoms with Crippen LogP contribution in [0.5, 0.6) is 5.75 Å². The number of hydrogen-bond acceptors (Lipinski definition) is 2. The predicted octanol–water partition coefficient (Wildman–Crippen LogP) is 7.13. The van der Waals surface area contributed by atoms with E-state index in [4.69, 9.17) is 16.3 Å². The summed E-state index contributed by atoms with van der Waals surface area (Å²) in [4.78, 5) is 4.55. The molecule has 0 aliphatic carbocycles. The summed E-state index contributed by atoms with van der Waals surface area (Å²) in [6.07, 6.45) is 1.82. The third-order valence-corrected chi connectivity index (χ3v) is 4.98. The van der Waals surface area contributed by atoms with Gasteiger partial charge in [0.1, 0.15) is 12.4 Å². The van der Waals surface area contributed by atoms with E-state index in [1.807, 2.05) is 73.8 Å². The van der Waals surface area contributed by atoms with Crippen molar-refractivity contribution in [3.63, 3.8) is 0 Å². The number of nitrogens with zero attached hydrogens (tertiary/aromatic N) is 1. The smallest absolute Gasteiger partial charge is 0.138 e. The van der Waals surface area contributed by atoms with Crippen molar-refractivity contribution in [2.24, 2.45) is 4.99 Å². The lowest BCUT2D eigenvalue weighted by molar-refractivity contribution is 0.308. The number of benzene rings is 4. The highest BCUT2D eigenvalue weighted by Crippen LogP contribution is 2.27. The van der Waals surface area contributed by atoms with Crippen molar-refractivity contribution in [1.82, 2.24) is 0 Å². The van der Waals surface area contributed by atoms with Crippen LogP contribution in [0.2, 0.25) is 5.02 Å². The predicted molar refractivity (Wildman–Crippen MR) is 118 cm³/mol. The molecule has 0 fully saturated rings. The van der Waals surface area contributed by atoms with Crippen LogP contribution in [-0.2, 0) is 6.61 Å². The van der Waals surface area contributed by atoms with Crippen molar-refractivity contribution < 1.29 is 4.74 Å². The first-order valence-electron chi connectivity index (χ1n) is 9.19. The Balaban J connectivity index is 1.50. The van der Waals surface area contributed by atoms with Gasteiger partial charge in [0.05, 0.1) is 10.7 Å². The van der Waals surface area contributed by atoms with Gasteiger partial charge in [-0.05, 0) is 58.7 Å². The van der Waals surface area contributed by atoms with Crippen LogP contribution in [0.25, 0.3) is 10.8 Å². The molecule has 0 bridgehead atoms. The first kappa shape index (κ1) is 18.3. The molecule has 0 aromatic heterocycles. The Morgan fingerprint density at radius 2 is 1.68 bits per heavy atom. The van der Waals surface area contributed by atoms with Crippen molar-refractivity contribution in [2.45, 2.75) is 13.5 Å². The van der Waals surface area contributed by atoms with Crippen molar-refractivity contribution in [2.75, 3.05) is 0 Å². The molecule has 0 heterocycles. The van der Waals surface area contributed by atoms with E-state index >= 15 is 0 Å². The maximum atomic E-state index is 6.44. The van der Waals surface area contributed by atoms with Gasteiger partial charge in [-0.1, -0.05) is 72.3 Å². The molecular formula is C25H20ClNO. The van der Waals surface area contributed by atoms with Crippen LogP contribution in [0.1, 0.15) is 16.7 Å². The minimum atomic E-state index is 0.470. The fourth-order valence-electron chi connectivity index (χ4n) is 3.14. The molecule has 0 amide bonds. The normalized spacial score (nSPS) is 11.2. The number of rotatable bonds is 5. The summed E-state index contributed by atoms with van der Waals surface area (Å²) in [6, 6.07) is 28.3. The average molecular weight is 386 g/mol. The van der Waals surface area contributed by atoms with Crippen molar-refractivity contribution in [3.05, 3.63) is 107 Å². The monoisotopic (exact) mass is 385 g/mol. The van der Waals surface area contributed by atoms with Crippen molar-refractivity contribution in [3.8, 4) is 5.75 Å². The zero-order valence-corrected chi connectivity index (χ0v) is 16.4. The van der Waals surface area contributed by atoms with Crippen molar-refractivity contribution >= 4 is 34.3 Å². The summed E-state index contributed by atoms with van der Waals surface area (Å²) >= 11 is 6.44. The molecule has 0 saturated heterocycles. The number of fused-ring (bicyclic) bond motifs is 1. The summed E-state index contributed by atoms with van der Waals surface area (Å²) in [6.45, 7) is 2.52. The standard InChI is InChI=1S/C25H20ClNO/c1-18-7-2-5-12-24(18)27-16-19-13-14-25(23(26)15-19)28-17-21-10-6-9-20-8-3-4-11-22(20)21/h2-16H,17H2,1H3. The van der Waals surface area contributed by atoms with E-state index in [0.29, 0.717) is 17.4 Å². The highest BCUT2D eigenvalue weighted by molar-refractivity contribution is 6.32. The Hall–Kier alpha value is -3.10. The maximum absolute atomic E-state index is 6.44. The van der Waals surface area contributed by atoms with Crippen LogP contribution < -0.4 is 4.74 Å². The number of aryl methyl sites for hydroxylation is 1. The number of hydrogen-bond donors (Lipinski definition) is 0. The molecule has 4 rings (SSSR count). The summed E-state index contributed by atoms with van der Waals surface area (Å²) in [5.74, 6) is 0.669. The molecule has 0 atom stereocenters. The lowest BCUT2D eigenvalue weighted by atomic mass is 10.1. The summed E-state index contributed by atoms with van der Waals surface area (Å²) in [5.41, 5.74) is 4.17. The van der Waals surface area contributed by atoms with Crippen LogP contribution in [0.3, 0.4) is 0 Å². The molecule has 0 unspecified atom stereocenters. The lowest BCUT2D eigenvalue weighted by Gasteiger charge is -2.11.